The van der Waals surface area contributed by atoms with Crippen LogP contribution in [0.4, 0.5) is 14.5 Å². The molecule has 3 rings (SSSR count). The first-order valence-electron chi connectivity index (χ1n) is 12.5. The highest BCUT2D eigenvalue weighted by Gasteiger charge is 2.29. The van der Waals surface area contributed by atoms with Crippen molar-refractivity contribution in [3.63, 3.8) is 0 Å². The summed E-state index contributed by atoms with van der Waals surface area (Å²) in [6.45, 7) is 3.79. The lowest BCUT2D eigenvalue weighted by atomic mass is 10.1. The van der Waals surface area contributed by atoms with Crippen molar-refractivity contribution < 1.29 is 26.8 Å². The van der Waals surface area contributed by atoms with Gasteiger partial charge in [-0.05, 0) is 50.8 Å². The van der Waals surface area contributed by atoms with Gasteiger partial charge in [0.05, 0.1) is 11.9 Å². The number of halogens is 2. The Bertz CT molecular complexity index is 1200. The van der Waals surface area contributed by atoms with Crippen molar-refractivity contribution in [2.45, 2.75) is 71.0 Å². The Morgan fingerprint density at radius 1 is 1.05 bits per heavy atom. The quantitative estimate of drug-likeness (QED) is 0.465. The second-order valence-corrected chi connectivity index (χ2v) is 11.6. The van der Waals surface area contributed by atoms with Gasteiger partial charge in [0.15, 0.2) is 11.6 Å². The Balaban J connectivity index is 1.72. The first kappa shape index (κ1) is 28.6. The van der Waals surface area contributed by atoms with Crippen LogP contribution < -0.4 is 9.62 Å². The van der Waals surface area contributed by atoms with Gasteiger partial charge in [-0.2, -0.15) is 0 Å². The predicted octanol–water partition coefficient (Wildman–Crippen LogP) is 4.30. The molecule has 0 bridgehead atoms. The lowest BCUT2D eigenvalue weighted by Crippen LogP contribution is -2.49. The van der Waals surface area contributed by atoms with E-state index in [0.29, 0.717) is 0 Å². The van der Waals surface area contributed by atoms with Gasteiger partial charge in [-0.15, -0.1) is 0 Å². The number of hydrogen-bond donors (Lipinski definition) is 1. The summed E-state index contributed by atoms with van der Waals surface area (Å²) in [6.07, 6.45) is 5.07. The highest BCUT2D eigenvalue weighted by molar-refractivity contribution is 7.92. The summed E-state index contributed by atoms with van der Waals surface area (Å²) in [5.74, 6) is -2.75. The van der Waals surface area contributed by atoms with E-state index in [0.717, 1.165) is 59.5 Å². The Morgan fingerprint density at radius 2 is 1.70 bits per heavy atom. The predicted molar refractivity (Wildman–Crippen MR) is 139 cm³/mol. The molecule has 1 aliphatic carbocycles. The molecule has 1 atom stereocenters. The molecule has 1 N–H and O–H groups in total. The van der Waals surface area contributed by atoms with Gasteiger partial charge < -0.3 is 10.2 Å². The number of amides is 2. The number of carbonyl (C=O) groups excluding carboxylic acids is 2. The molecule has 2 aromatic rings. The number of nitrogens with zero attached hydrogens (tertiary/aromatic N) is 2. The zero-order valence-electron chi connectivity index (χ0n) is 21.5. The van der Waals surface area contributed by atoms with Gasteiger partial charge in [-0.1, -0.05) is 42.7 Å². The molecule has 0 heterocycles. The smallest absolute Gasteiger partial charge is 0.242 e. The van der Waals surface area contributed by atoms with Crippen molar-refractivity contribution in [3.05, 3.63) is 65.2 Å². The fraction of sp³-hybridized carbons (Fsp3) is 0.481. The molecule has 10 heteroatoms. The van der Waals surface area contributed by atoms with Crippen LogP contribution in [-0.4, -0.2) is 50.0 Å². The zero-order valence-corrected chi connectivity index (χ0v) is 22.4. The van der Waals surface area contributed by atoms with Gasteiger partial charge in [0.25, 0.3) is 0 Å². The molecule has 202 valence electrons. The first-order chi connectivity index (χ1) is 17.5. The minimum absolute atomic E-state index is 0.0188. The summed E-state index contributed by atoms with van der Waals surface area (Å²) in [4.78, 5) is 27.8. The van der Waals surface area contributed by atoms with E-state index in [4.69, 9.17) is 0 Å². The van der Waals surface area contributed by atoms with E-state index in [1.807, 2.05) is 31.2 Å². The standard InChI is InChI=1S/C27H35F2N3O4S/c1-19-10-12-21(13-11-19)18-31(20(2)27(34)30-22-7-4-5-8-22)26(33)9-6-16-32(37(3,35)36)23-14-15-24(28)25(29)17-23/h10-15,17,20,22H,4-9,16,18H2,1-3H3,(H,30,34). The highest BCUT2D eigenvalue weighted by atomic mass is 32.2. The Morgan fingerprint density at radius 3 is 2.30 bits per heavy atom. The Kier molecular flexibility index (Phi) is 9.64. The third-order valence-corrected chi connectivity index (χ3v) is 7.88. The Hall–Kier alpha value is -3.01. The molecule has 37 heavy (non-hydrogen) atoms. The van der Waals surface area contributed by atoms with E-state index in [1.165, 1.54) is 11.0 Å². The molecule has 2 amide bonds. The van der Waals surface area contributed by atoms with Crippen LogP contribution in [0.5, 0.6) is 0 Å². The molecule has 2 aromatic carbocycles. The summed E-state index contributed by atoms with van der Waals surface area (Å²) in [5, 5.41) is 3.05. The molecular weight excluding hydrogens is 500 g/mol. The van der Waals surface area contributed by atoms with Crippen LogP contribution in [0.2, 0.25) is 0 Å². The van der Waals surface area contributed by atoms with Crippen LogP contribution in [0.3, 0.4) is 0 Å². The summed E-state index contributed by atoms with van der Waals surface area (Å²) in [5.41, 5.74) is 1.93. The third kappa shape index (κ3) is 7.99. The molecule has 0 saturated heterocycles. The van der Waals surface area contributed by atoms with Crippen LogP contribution in [0, 0.1) is 18.6 Å². The van der Waals surface area contributed by atoms with Crippen LogP contribution >= 0.6 is 0 Å². The summed E-state index contributed by atoms with van der Waals surface area (Å²) in [6, 6.07) is 9.95. The third-order valence-electron chi connectivity index (χ3n) is 6.69. The van der Waals surface area contributed by atoms with Gasteiger partial charge in [0, 0.05) is 31.6 Å². The molecule has 7 nitrogen and oxygen atoms in total. The van der Waals surface area contributed by atoms with E-state index in [9.17, 15) is 26.8 Å². The van der Waals surface area contributed by atoms with Crippen LogP contribution in [-0.2, 0) is 26.2 Å². The molecule has 1 fully saturated rings. The molecular formula is C27H35F2N3O4S. The van der Waals surface area contributed by atoms with Crippen molar-refractivity contribution in [2.24, 2.45) is 0 Å². The largest absolute Gasteiger partial charge is 0.352 e. The number of benzene rings is 2. The number of aryl methyl sites for hydroxylation is 1. The van der Waals surface area contributed by atoms with Gasteiger partial charge in [-0.3, -0.25) is 13.9 Å². The average Bonchev–Trinajstić information content (AvgIpc) is 3.35. The van der Waals surface area contributed by atoms with Gasteiger partial charge in [0.2, 0.25) is 21.8 Å². The van der Waals surface area contributed by atoms with Crippen LogP contribution in [0.1, 0.15) is 56.6 Å². The van der Waals surface area contributed by atoms with Crippen molar-refractivity contribution in [3.8, 4) is 0 Å². The normalized spacial score (nSPS) is 14.8. The molecule has 1 aliphatic rings. The maximum absolute atomic E-state index is 13.7. The number of rotatable bonds is 11. The van der Waals surface area contributed by atoms with Crippen molar-refractivity contribution in [2.75, 3.05) is 17.1 Å². The van der Waals surface area contributed by atoms with Crippen molar-refractivity contribution in [1.29, 1.82) is 0 Å². The number of nitrogens with one attached hydrogen (secondary N) is 1. The maximum atomic E-state index is 13.7. The molecule has 0 radical (unpaired) electrons. The van der Waals surface area contributed by atoms with Gasteiger partial charge in [-0.25, -0.2) is 17.2 Å². The minimum atomic E-state index is -3.81. The maximum Gasteiger partial charge on any atom is 0.242 e. The van der Waals surface area contributed by atoms with Crippen LogP contribution in [0.15, 0.2) is 42.5 Å². The topological polar surface area (TPSA) is 86.8 Å². The second kappa shape index (κ2) is 12.5. The minimum Gasteiger partial charge on any atom is -0.352 e. The van der Waals surface area contributed by atoms with E-state index in [2.05, 4.69) is 5.32 Å². The van der Waals surface area contributed by atoms with Gasteiger partial charge >= 0.3 is 0 Å². The van der Waals surface area contributed by atoms with E-state index >= 15 is 0 Å². The van der Waals surface area contributed by atoms with E-state index < -0.39 is 27.7 Å². The summed E-state index contributed by atoms with van der Waals surface area (Å²) >= 11 is 0. The van der Waals surface area contributed by atoms with Crippen LogP contribution in [0.25, 0.3) is 0 Å². The van der Waals surface area contributed by atoms with E-state index in [-0.39, 0.29) is 49.5 Å². The lowest BCUT2D eigenvalue weighted by molar-refractivity contribution is -0.141. The summed E-state index contributed by atoms with van der Waals surface area (Å²) in [7, 11) is -3.81. The summed E-state index contributed by atoms with van der Waals surface area (Å²) < 4.78 is 52.7. The number of hydrogen-bond acceptors (Lipinski definition) is 4. The number of anilines is 1. The molecule has 1 saturated carbocycles. The zero-order chi connectivity index (χ0) is 27.2. The molecule has 0 aliphatic heterocycles. The van der Waals surface area contributed by atoms with Crippen molar-refractivity contribution >= 4 is 27.5 Å². The average molecular weight is 536 g/mol. The SMILES string of the molecule is Cc1ccc(CN(C(=O)CCCN(c2ccc(F)c(F)c2)S(C)(=O)=O)C(C)C(=O)NC2CCCC2)cc1. The number of carbonyl (C=O) groups is 2. The fourth-order valence-corrected chi connectivity index (χ4v) is 5.47. The first-order valence-corrected chi connectivity index (χ1v) is 14.4. The molecule has 0 spiro atoms. The molecule has 0 aromatic heterocycles. The highest BCUT2D eigenvalue weighted by Crippen LogP contribution is 2.22. The van der Waals surface area contributed by atoms with Crippen molar-refractivity contribution in [1.82, 2.24) is 10.2 Å². The van der Waals surface area contributed by atoms with E-state index in [1.54, 1.807) is 6.92 Å². The number of sulfonamides is 1. The van der Waals surface area contributed by atoms with Gasteiger partial charge in [0.1, 0.15) is 6.04 Å². The lowest BCUT2D eigenvalue weighted by Gasteiger charge is -2.30. The second-order valence-electron chi connectivity index (χ2n) is 9.71. The Labute approximate surface area is 217 Å². The molecule has 1 unspecified atom stereocenters. The monoisotopic (exact) mass is 535 g/mol. The fourth-order valence-electron chi connectivity index (χ4n) is 4.51.